The molecule has 7 heteroatoms. The number of rotatable bonds is 5. The summed E-state index contributed by atoms with van der Waals surface area (Å²) in [6, 6.07) is 15.5. The number of carbonyl (C=O) groups excluding carboxylic acids is 1. The molecular formula is C21H21N3O3S. The van der Waals surface area contributed by atoms with E-state index in [4.69, 9.17) is 9.47 Å². The number of anilines is 1. The van der Waals surface area contributed by atoms with E-state index < -0.39 is 0 Å². The maximum absolute atomic E-state index is 12.6. The van der Waals surface area contributed by atoms with Crippen LogP contribution in [-0.4, -0.2) is 33.9 Å². The minimum atomic E-state index is -0.307. The standard InChI is InChI=1S/C21H21N3O3S/c1-14(20(25)23-16-8-9-18-19(12-16)27-11-10-26-18)28-21-22-13-17(24(21)2)15-6-4-3-5-7-15/h3-9,12-14H,10-11H2,1-2H3,(H,23,25). The van der Waals surface area contributed by atoms with Gasteiger partial charge in [0.05, 0.1) is 17.1 Å². The van der Waals surface area contributed by atoms with Crippen molar-refractivity contribution in [1.29, 1.82) is 0 Å². The average molecular weight is 395 g/mol. The predicted molar refractivity (Wildman–Crippen MR) is 110 cm³/mol. The first-order chi connectivity index (χ1) is 13.6. The Hall–Kier alpha value is -2.93. The second-order valence-electron chi connectivity index (χ2n) is 6.46. The van der Waals surface area contributed by atoms with Gasteiger partial charge in [0.15, 0.2) is 16.7 Å². The lowest BCUT2D eigenvalue weighted by Gasteiger charge is -2.19. The third-order valence-electron chi connectivity index (χ3n) is 4.48. The van der Waals surface area contributed by atoms with Crippen LogP contribution in [-0.2, 0) is 11.8 Å². The molecule has 0 spiro atoms. The molecule has 0 bridgehead atoms. The largest absolute Gasteiger partial charge is 0.486 e. The Labute approximate surface area is 167 Å². The van der Waals surface area contributed by atoms with Gasteiger partial charge >= 0.3 is 0 Å². The van der Waals surface area contributed by atoms with Gasteiger partial charge in [-0.05, 0) is 24.6 Å². The number of carbonyl (C=O) groups is 1. The second kappa shape index (κ2) is 7.98. The van der Waals surface area contributed by atoms with Crippen LogP contribution in [0.3, 0.4) is 0 Å². The van der Waals surface area contributed by atoms with Gasteiger partial charge in [0.25, 0.3) is 0 Å². The molecule has 28 heavy (non-hydrogen) atoms. The lowest BCUT2D eigenvalue weighted by Crippen LogP contribution is -2.23. The van der Waals surface area contributed by atoms with Gasteiger partial charge in [-0.2, -0.15) is 0 Å². The summed E-state index contributed by atoms with van der Waals surface area (Å²) in [7, 11) is 1.96. The normalized spacial score (nSPS) is 13.8. The molecule has 1 amide bonds. The summed E-state index contributed by atoms with van der Waals surface area (Å²) < 4.78 is 13.1. The topological polar surface area (TPSA) is 65.4 Å². The SMILES string of the molecule is CC(Sc1ncc(-c2ccccc2)n1C)C(=O)Nc1ccc2c(c1)OCCO2. The van der Waals surface area contributed by atoms with Crippen LogP contribution in [0.5, 0.6) is 11.5 Å². The fourth-order valence-corrected chi connectivity index (χ4v) is 3.81. The van der Waals surface area contributed by atoms with E-state index in [-0.39, 0.29) is 11.2 Å². The molecule has 1 unspecified atom stereocenters. The van der Waals surface area contributed by atoms with E-state index in [1.807, 2.05) is 67.2 Å². The number of nitrogens with one attached hydrogen (secondary N) is 1. The van der Waals surface area contributed by atoms with Crippen LogP contribution in [0.1, 0.15) is 6.92 Å². The minimum absolute atomic E-state index is 0.0917. The fourth-order valence-electron chi connectivity index (χ4n) is 2.96. The van der Waals surface area contributed by atoms with Gasteiger partial charge in [-0.25, -0.2) is 4.98 Å². The third-order valence-corrected chi connectivity index (χ3v) is 5.63. The van der Waals surface area contributed by atoms with Crippen LogP contribution in [0, 0.1) is 0 Å². The Kier molecular flexibility index (Phi) is 5.25. The summed E-state index contributed by atoms with van der Waals surface area (Å²) in [5.74, 6) is 1.26. The molecular weight excluding hydrogens is 374 g/mol. The Morgan fingerprint density at radius 3 is 2.68 bits per heavy atom. The highest BCUT2D eigenvalue weighted by Gasteiger charge is 2.20. The van der Waals surface area contributed by atoms with Crippen LogP contribution >= 0.6 is 11.8 Å². The smallest absolute Gasteiger partial charge is 0.237 e. The van der Waals surface area contributed by atoms with Crippen molar-refractivity contribution in [2.45, 2.75) is 17.3 Å². The maximum Gasteiger partial charge on any atom is 0.237 e. The monoisotopic (exact) mass is 395 g/mol. The van der Waals surface area contributed by atoms with Gasteiger partial charge < -0.3 is 19.4 Å². The van der Waals surface area contributed by atoms with E-state index in [0.717, 1.165) is 16.4 Å². The van der Waals surface area contributed by atoms with Crippen LogP contribution in [0.4, 0.5) is 5.69 Å². The van der Waals surface area contributed by atoms with Crippen molar-refractivity contribution in [2.24, 2.45) is 7.05 Å². The number of imidazole rings is 1. The first-order valence-electron chi connectivity index (χ1n) is 9.06. The van der Waals surface area contributed by atoms with Gasteiger partial charge in [-0.1, -0.05) is 42.1 Å². The molecule has 2 heterocycles. The highest BCUT2D eigenvalue weighted by atomic mass is 32.2. The number of aromatic nitrogens is 2. The van der Waals surface area contributed by atoms with Gasteiger partial charge in [0.1, 0.15) is 13.2 Å². The number of fused-ring (bicyclic) bond motifs is 1. The summed E-state index contributed by atoms with van der Waals surface area (Å²) in [6.07, 6.45) is 1.84. The molecule has 1 aromatic heterocycles. The molecule has 144 valence electrons. The molecule has 0 radical (unpaired) electrons. The zero-order valence-electron chi connectivity index (χ0n) is 15.7. The number of nitrogens with zero attached hydrogens (tertiary/aromatic N) is 2. The molecule has 1 N–H and O–H groups in total. The molecule has 1 atom stereocenters. The van der Waals surface area contributed by atoms with Crippen molar-refractivity contribution < 1.29 is 14.3 Å². The predicted octanol–water partition coefficient (Wildman–Crippen LogP) is 3.98. The molecule has 0 fully saturated rings. The first-order valence-corrected chi connectivity index (χ1v) is 9.94. The highest BCUT2D eigenvalue weighted by molar-refractivity contribution is 8.00. The molecule has 0 saturated carbocycles. The Bertz CT molecular complexity index is 988. The molecule has 1 aliphatic heterocycles. The summed E-state index contributed by atoms with van der Waals surface area (Å²) in [6.45, 7) is 2.93. The zero-order chi connectivity index (χ0) is 19.5. The van der Waals surface area contributed by atoms with Crippen molar-refractivity contribution >= 4 is 23.4 Å². The number of benzene rings is 2. The van der Waals surface area contributed by atoms with Gasteiger partial charge in [0.2, 0.25) is 5.91 Å². The van der Waals surface area contributed by atoms with E-state index >= 15 is 0 Å². The summed E-state index contributed by atoms with van der Waals surface area (Å²) in [4.78, 5) is 17.1. The Morgan fingerprint density at radius 2 is 1.89 bits per heavy atom. The molecule has 3 aromatic rings. The third kappa shape index (κ3) is 3.84. The maximum atomic E-state index is 12.6. The number of thioether (sulfide) groups is 1. The molecule has 1 aliphatic rings. The van der Waals surface area contributed by atoms with E-state index in [1.165, 1.54) is 11.8 Å². The first kappa shape index (κ1) is 18.4. The van der Waals surface area contributed by atoms with E-state index in [9.17, 15) is 4.79 Å². The summed E-state index contributed by atoms with van der Waals surface area (Å²) in [5.41, 5.74) is 2.80. The van der Waals surface area contributed by atoms with Crippen LogP contribution in [0.25, 0.3) is 11.3 Å². The van der Waals surface area contributed by atoms with E-state index in [0.29, 0.717) is 30.4 Å². The number of hydrogen-bond acceptors (Lipinski definition) is 5. The van der Waals surface area contributed by atoms with Gasteiger partial charge in [-0.15, -0.1) is 0 Å². The molecule has 6 nitrogen and oxygen atoms in total. The molecule has 0 aliphatic carbocycles. The fraction of sp³-hybridized carbons (Fsp3) is 0.238. The molecule has 4 rings (SSSR count). The molecule has 0 saturated heterocycles. The van der Waals surface area contributed by atoms with E-state index in [1.54, 1.807) is 6.07 Å². The van der Waals surface area contributed by atoms with Crippen molar-refractivity contribution in [3.8, 4) is 22.8 Å². The minimum Gasteiger partial charge on any atom is -0.486 e. The quantitative estimate of drug-likeness (QED) is 0.662. The Morgan fingerprint density at radius 1 is 1.14 bits per heavy atom. The Balaban J connectivity index is 1.43. The van der Waals surface area contributed by atoms with Crippen molar-refractivity contribution in [3.63, 3.8) is 0 Å². The van der Waals surface area contributed by atoms with Crippen molar-refractivity contribution in [2.75, 3.05) is 18.5 Å². The number of amides is 1. The summed E-state index contributed by atoms with van der Waals surface area (Å²) >= 11 is 1.43. The van der Waals surface area contributed by atoms with Crippen LogP contribution in [0.2, 0.25) is 0 Å². The number of ether oxygens (including phenoxy) is 2. The van der Waals surface area contributed by atoms with Crippen LogP contribution < -0.4 is 14.8 Å². The highest BCUT2D eigenvalue weighted by Crippen LogP contribution is 2.33. The van der Waals surface area contributed by atoms with Gasteiger partial charge in [-0.3, -0.25) is 4.79 Å². The number of hydrogen-bond donors (Lipinski definition) is 1. The zero-order valence-corrected chi connectivity index (χ0v) is 16.5. The van der Waals surface area contributed by atoms with Crippen molar-refractivity contribution in [3.05, 3.63) is 54.7 Å². The van der Waals surface area contributed by atoms with E-state index in [2.05, 4.69) is 10.3 Å². The molecule has 2 aromatic carbocycles. The summed E-state index contributed by atoms with van der Waals surface area (Å²) in [5, 5.41) is 3.43. The lowest BCUT2D eigenvalue weighted by molar-refractivity contribution is -0.115. The lowest BCUT2D eigenvalue weighted by atomic mass is 10.2. The second-order valence-corrected chi connectivity index (χ2v) is 7.77. The van der Waals surface area contributed by atoms with Gasteiger partial charge in [0, 0.05) is 18.8 Å². The van der Waals surface area contributed by atoms with Crippen LogP contribution in [0.15, 0.2) is 59.9 Å². The van der Waals surface area contributed by atoms with Crippen molar-refractivity contribution in [1.82, 2.24) is 9.55 Å². The average Bonchev–Trinajstić information content (AvgIpc) is 3.08.